The van der Waals surface area contributed by atoms with Crippen molar-refractivity contribution in [3.63, 3.8) is 0 Å². The average molecular weight is 481 g/mol. The highest BCUT2D eigenvalue weighted by molar-refractivity contribution is 5.80. The number of carbonyl (C=O) groups is 3. The van der Waals surface area contributed by atoms with Crippen LogP contribution >= 0.6 is 0 Å². The van der Waals surface area contributed by atoms with Crippen molar-refractivity contribution in [2.24, 2.45) is 5.92 Å². The van der Waals surface area contributed by atoms with E-state index in [1.165, 1.54) is 11.1 Å². The number of carbonyl (C=O) groups excluding carboxylic acids is 2. The SMILES string of the molecule is CC(CCNC(=O)OCC1c2ccccc2-c2ccccc21)CC(=O)N1CCC(O)(C(=O)O)CC1. The molecule has 3 N–H and O–H groups in total. The molecule has 0 saturated carbocycles. The molecule has 2 amide bonds. The Morgan fingerprint density at radius 2 is 1.63 bits per heavy atom. The van der Waals surface area contributed by atoms with Crippen LogP contribution in [0.25, 0.3) is 11.1 Å². The molecule has 1 aliphatic carbocycles. The van der Waals surface area contributed by atoms with Crippen LogP contribution in [0.3, 0.4) is 0 Å². The van der Waals surface area contributed by atoms with E-state index in [1.807, 2.05) is 31.2 Å². The van der Waals surface area contributed by atoms with Crippen molar-refractivity contribution in [1.82, 2.24) is 10.2 Å². The van der Waals surface area contributed by atoms with E-state index in [-0.39, 0.29) is 50.3 Å². The maximum absolute atomic E-state index is 12.5. The summed E-state index contributed by atoms with van der Waals surface area (Å²) in [7, 11) is 0. The second kappa shape index (κ2) is 10.5. The minimum absolute atomic E-state index is 0.00743. The van der Waals surface area contributed by atoms with E-state index in [0.717, 1.165) is 11.1 Å². The van der Waals surface area contributed by atoms with E-state index in [0.29, 0.717) is 19.4 Å². The summed E-state index contributed by atoms with van der Waals surface area (Å²) in [6, 6.07) is 16.3. The normalized spacial score (nSPS) is 17.3. The number of hydrogen-bond donors (Lipinski definition) is 3. The van der Waals surface area contributed by atoms with E-state index < -0.39 is 17.7 Å². The Hall–Kier alpha value is -3.39. The molecule has 1 unspecified atom stereocenters. The molecule has 2 aromatic carbocycles. The molecule has 0 aromatic heterocycles. The van der Waals surface area contributed by atoms with E-state index in [1.54, 1.807) is 4.90 Å². The number of nitrogens with one attached hydrogen (secondary N) is 1. The predicted octanol–water partition coefficient (Wildman–Crippen LogP) is 3.38. The Morgan fingerprint density at radius 1 is 1.06 bits per heavy atom. The maximum Gasteiger partial charge on any atom is 0.407 e. The van der Waals surface area contributed by atoms with Crippen molar-refractivity contribution >= 4 is 18.0 Å². The quantitative estimate of drug-likeness (QED) is 0.533. The number of ether oxygens (including phenoxy) is 1. The van der Waals surface area contributed by atoms with Crippen LogP contribution in [0.1, 0.15) is 49.7 Å². The van der Waals surface area contributed by atoms with Gasteiger partial charge in [-0.05, 0) is 34.6 Å². The van der Waals surface area contributed by atoms with E-state index in [2.05, 4.69) is 29.6 Å². The fourth-order valence-corrected chi connectivity index (χ4v) is 4.94. The number of alkyl carbamates (subject to hydrolysis) is 1. The Balaban J connectivity index is 1.18. The largest absolute Gasteiger partial charge is 0.479 e. The predicted molar refractivity (Wildman–Crippen MR) is 130 cm³/mol. The van der Waals surface area contributed by atoms with Crippen molar-refractivity contribution in [2.45, 2.75) is 44.1 Å². The number of rotatable bonds is 8. The number of carboxylic acids is 1. The molecule has 1 saturated heterocycles. The Morgan fingerprint density at radius 3 is 2.20 bits per heavy atom. The highest BCUT2D eigenvalue weighted by Crippen LogP contribution is 2.44. The highest BCUT2D eigenvalue weighted by atomic mass is 16.5. The van der Waals surface area contributed by atoms with Gasteiger partial charge in [0.1, 0.15) is 6.61 Å². The summed E-state index contributed by atoms with van der Waals surface area (Å²) >= 11 is 0. The summed E-state index contributed by atoms with van der Waals surface area (Å²) in [5, 5.41) is 21.9. The zero-order valence-electron chi connectivity index (χ0n) is 19.9. The summed E-state index contributed by atoms with van der Waals surface area (Å²) in [4.78, 5) is 37.6. The van der Waals surface area contributed by atoms with E-state index >= 15 is 0 Å². The van der Waals surface area contributed by atoms with Gasteiger partial charge in [0.25, 0.3) is 0 Å². The first-order valence-electron chi connectivity index (χ1n) is 12.1. The molecule has 35 heavy (non-hydrogen) atoms. The number of likely N-dealkylation sites (tertiary alicyclic amines) is 1. The van der Waals surface area contributed by atoms with Gasteiger partial charge in [-0.25, -0.2) is 9.59 Å². The molecular formula is C27H32N2O6. The zero-order valence-corrected chi connectivity index (χ0v) is 19.9. The number of nitrogens with zero attached hydrogens (tertiary/aromatic N) is 1. The Labute approximate surface area is 204 Å². The smallest absolute Gasteiger partial charge is 0.407 e. The highest BCUT2D eigenvalue weighted by Gasteiger charge is 2.40. The summed E-state index contributed by atoms with van der Waals surface area (Å²) in [5.74, 6) is -1.26. The standard InChI is InChI=1S/C27H32N2O6/c1-18(16-24(30)29-14-11-27(34,12-15-29)25(31)32)10-13-28-26(33)35-17-23-21-8-4-2-6-19(21)20-7-3-5-9-22(20)23/h2-9,18,23,34H,10-17H2,1H3,(H,28,33)(H,31,32). The van der Waals surface area contributed by atoms with Gasteiger partial charge in [-0.3, -0.25) is 4.79 Å². The van der Waals surface area contributed by atoms with Gasteiger partial charge in [-0.2, -0.15) is 0 Å². The molecule has 1 atom stereocenters. The summed E-state index contributed by atoms with van der Waals surface area (Å²) in [6.45, 7) is 3.04. The third kappa shape index (κ3) is 5.48. The molecule has 1 fully saturated rings. The molecule has 8 heteroatoms. The molecule has 2 aliphatic rings. The first-order valence-corrected chi connectivity index (χ1v) is 12.1. The summed E-state index contributed by atoms with van der Waals surface area (Å²) < 4.78 is 5.54. The van der Waals surface area contributed by atoms with Crippen molar-refractivity contribution in [2.75, 3.05) is 26.2 Å². The lowest BCUT2D eigenvalue weighted by molar-refractivity contribution is -0.165. The number of fused-ring (bicyclic) bond motifs is 3. The van der Waals surface area contributed by atoms with Crippen LogP contribution in [0, 0.1) is 5.92 Å². The van der Waals surface area contributed by atoms with E-state index in [4.69, 9.17) is 9.84 Å². The molecule has 2 aromatic rings. The molecule has 1 heterocycles. The fourth-order valence-electron chi connectivity index (χ4n) is 4.94. The lowest BCUT2D eigenvalue weighted by Crippen LogP contribution is -2.51. The summed E-state index contributed by atoms with van der Waals surface area (Å²) in [5.41, 5.74) is 2.94. The van der Waals surface area contributed by atoms with Crippen LogP contribution in [0.15, 0.2) is 48.5 Å². The number of aliphatic hydroxyl groups is 1. The van der Waals surface area contributed by atoms with Gasteiger partial charge in [-0.15, -0.1) is 0 Å². The fraction of sp³-hybridized carbons (Fsp3) is 0.444. The van der Waals surface area contributed by atoms with Gasteiger partial charge < -0.3 is 25.2 Å². The average Bonchev–Trinajstić information content (AvgIpc) is 3.17. The third-order valence-electron chi connectivity index (χ3n) is 7.11. The van der Waals surface area contributed by atoms with Gasteiger partial charge in [0.15, 0.2) is 5.60 Å². The number of hydrogen-bond acceptors (Lipinski definition) is 5. The molecule has 8 nitrogen and oxygen atoms in total. The maximum atomic E-state index is 12.5. The Bertz CT molecular complexity index is 1050. The van der Waals surface area contributed by atoms with Crippen LogP contribution in [0.4, 0.5) is 4.79 Å². The Kier molecular flexibility index (Phi) is 7.40. The second-order valence-corrected chi connectivity index (χ2v) is 9.57. The molecule has 1 aliphatic heterocycles. The monoisotopic (exact) mass is 480 g/mol. The van der Waals surface area contributed by atoms with Crippen LogP contribution in [-0.2, 0) is 14.3 Å². The lowest BCUT2D eigenvalue weighted by Gasteiger charge is -2.35. The minimum atomic E-state index is -1.74. The van der Waals surface area contributed by atoms with Crippen molar-refractivity contribution in [3.05, 3.63) is 59.7 Å². The van der Waals surface area contributed by atoms with Crippen LogP contribution in [0.5, 0.6) is 0 Å². The van der Waals surface area contributed by atoms with Crippen LogP contribution in [0.2, 0.25) is 0 Å². The molecule has 0 radical (unpaired) electrons. The minimum Gasteiger partial charge on any atom is -0.479 e. The number of piperidine rings is 1. The number of carboxylic acid groups (broad SMARTS) is 1. The van der Waals surface area contributed by atoms with Gasteiger partial charge in [0.2, 0.25) is 5.91 Å². The van der Waals surface area contributed by atoms with Crippen LogP contribution in [-0.4, -0.2) is 64.9 Å². The number of amides is 2. The second-order valence-electron chi connectivity index (χ2n) is 9.57. The summed E-state index contributed by atoms with van der Waals surface area (Å²) in [6.07, 6.45) is 0.507. The first kappa shape index (κ1) is 24.7. The van der Waals surface area contributed by atoms with E-state index in [9.17, 15) is 19.5 Å². The van der Waals surface area contributed by atoms with Gasteiger partial charge >= 0.3 is 12.1 Å². The van der Waals surface area contributed by atoms with Crippen molar-refractivity contribution in [1.29, 1.82) is 0 Å². The van der Waals surface area contributed by atoms with Gasteiger partial charge in [0.05, 0.1) is 0 Å². The van der Waals surface area contributed by atoms with Crippen LogP contribution < -0.4 is 5.32 Å². The number of benzene rings is 2. The van der Waals surface area contributed by atoms with Gasteiger partial charge in [0, 0.05) is 44.8 Å². The molecule has 0 bridgehead atoms. The third-order valence-corrected chi connectivity index (χ3v) is 7.11. The van der Waals surface area contributed by atoms with Gasteiger partial charge in [-0.1, -0.05) is 55.5 Å². The number of aliphatic carboxylic acids is 1. The molecule has 4 rings (SSSR count). The molecule has 186 valence electrons. The first-order chi connectivity index (χ1) is 16.8. The van der Waals surface area contributed by atoms with Crippen molar-refractivity contribution < 1.29 is 29.3 Å². The molecule has 0 spiro atoms. The zero-order chi connectivity index (χ0) is 25.0. The lowest BCUT2D eigenvalue weighted by atomic mass is 9.91. The molecular weight excluding hydrogens is 448 g/mol. The topological polar surface area (TPSA) is 116 Å². The van der Waals surface area contributed by atoms with Crippen molar-refractivity contribution in [3.8, 4) is 11.1 Å².